The molecule has 1 aromatic carbocycles. The predicted molar refractivity (Wildman–Crippen MR) is 117 cm³/mol. The van der Waals surface area contributed by atoms with Gasteiger partial charge < -0.3 is 19.8 Å². The molecule has 0 unspecified atom stereocenters. The third-order valence-electron chi connectivity index (χ3n) is 5.01. The number of aromatic nitrogens is 4. The SMILES string of the molecule is COCOc1ccccc1C(=O)NS(=O)(=O)OC[C@@H]1C=C[C@H](n2cnc3c(N)ncnc32)C1. The van der Waals surface area contributed by atoms with Crippen molar-refractivity contribution in [2.24, 2.45) is 5.92 Å². The second-order valence-corrected chi connectivity index (χ2v) is 8.60. The van der Waals surface area contributed by atoms with Gasteiger partial charge in [-0.25, -0.2) is 19.7 Å². The summed E-state index contributed by atoms with van der Waals surface area (Å²) in [6.45, 7) is -0.227. The smallest absolute Gasteiger partial charge is 0.362 e. The summed E-state index contributed by atoms with van der Waals surface area (Å²) in [5.41, 5.74) is 6.96. The van der Waals surface area contributed by atoms with Crippen LogP contribution < -0.4 is 15.2 Å². The first-order chi connectivity index (χ1) is 15.9. The number of nitrogen functional groups attached to an aromatic ring is 1. The number of nitrogens with two attached hydrogens (primary N) is 1. The van der Waals surface area contributed by atoms with Gasteiger partial charge in [-0.2, -0.15) is 8.42 Å². The Bertz CT molecular complexity index is 1290. The fraction of sp³-hybridized carbons (Fsp3) is 0.300. The maximum Gasteiger partial charge on any atom is 0.362 e. The van der Waals surface area contributed by atoms with Gasteiger partial charge >= 0.3 is 10.3 Å². The Balaban J connectivity index is 1.35. The van der Waals surface area contributed by atoms with Gasteiger partial charge in [0, 0.05) is 13.0 Å². The highest BCUT2D eigenvalue weighted by Crippen LogP contribution is 2.31. The second kappa shape index (κ2) is 9.52. The molecule has 0 saturated heterocycles. The van der Waals surface area contributed by atoms with Gasteiger partial charge in [-0.1, -0.05) is 24.3 Å². The number of para-hydroxylation sites is 1. The number of hydrogen-bond acceptors (Lipinski definition) is 10. The third kappa shape index (κ3) is 5.10. The minimum atomic E-state index is -4.34. The van der Waals surface area contributed by atoms with Crippen LogP contribution in [0.1, 0.15) is 22.8 Å². The number of methoxy groups -OCH3 is 1. The first-order valence-corrected chi connectivity index (χ1v) is 11.3. The Hall–Kier alpha value is -3.55. The summed E-state index contributed by atoms with van der Waals surface area (Å²) in [6.07, 6.45) is 7.32. The molecule has 1 aliphatic rings. The Labute approximate surface area is 189 Å². The van der Waals surface area contributed by atoms with Crippen molar-refractivity contribution >= 4 is 33.2 Å². The average Bonchev–Trinajstić information content (AvgIpc) is 3.44. The number of carbonyl (C=O) groups excluding carboxylic acids is 1. The first kappa shape index (κ1) is 22.6. The predicted octanol–water partition coefficient (Wildman–Crippen LogP) is 1.20. The zero-order chi connectivity index (χ0) is 23.4. The van der Waals surface area contributed by atoms with Gasteiger partial charge in [0.05, 0.1) is 24.5 Å². The Morgan fingerprint density at radius 2 is 2.06 bits per heavy atom. The van der Waals surface area contributed by atoms with Crippen LogP contribution in [0.5, 0.6) is 5.75 Å². The number of nitrogens with one attached hydrogen (secondary N) is 1. The van der Waals surface area contributed by atoms with Gasteiger partial charge in [-0.15, -0.1) is 0 Å². The molecule has 0 spiro atoms. The summed E-state index contributed by atoms with van der Waals surface area (Å²) in [4.78, 5) is 24.9. The van der Waals surface area contributed by atoms with Crippen molar-refractivity contribution < 1.29 is 26.9 Å². The van der Waals surface area contributed by atoms with E-state index >= 15 is 0 Å². The Morgan fingerprint density at radius 3 is 2.88 bits per heavy atom. The molecule has 3 aromatic rings. The average molecular weight is 474 g/mol. The highest BCUT2D eigenvalue weighted by molar-refractivity contribution is 7.85. The largest absolute Gasteiger partial charge is 0.467 e. The van der Waals surface area contributed by atoms with Crippen molar-refractivity contribution in [1.82, 2.24) is 24.2 Å². The van der Waals surface area contributed by atoms with E-state index in [1.165, 1.54) is 25.6 Å². The molecule has 0 aliphatic heterocycles. The molecule has 2 atom stereocenters. The lowest BCUT2D eigenvalue weighted by molar-refractivity contribution is 0.0502. The van der Waals surface area contributed by atoms with Crippen LogP contribution in [0, 0.1) is 5.92 Å². The second-order valence-electron chi connectivity index (χ2n) is 7.25. The molecule has 13 heteroatoms. The van der Waals surface area contributed by atoms with Crippen LogP contribution in [-0.2, 0) is 19.2 Å². The molecule has 2 heterocycles. The summed E-state index contributed by atoms with van der Waals surface area (Å²) in [7, 11) is -2.91. The number of allylic oxidation sites excluding steroid dienone is 1. The molecule has 1 amide bonds. The number of benzene rings is 1. The van der Waals surface area contributed by atoms with Crippen LogP contribution in [-0.4, -0.2) is 54.4 Å². The molecule has 0 saturated carbocycles. The van der Waals surface area contributed by atoms with Crippen molar-refractivity contribution in [3.63, 3.8) is 0 Å². The van der Waals surface area contributed by atoms with E-state index in [1.807, 2.05) is 21.4 Å². The summed E-state index contributed by atoms with van der Waals surface area (Å²) >= 11 is 0. The topological polar surface area (TPSA) is 161 Å². The zero-order valence-electron chi connectivity index (χ0n) is 17.6. The maximum absolute atomic E-state index is 12.5. The number of nitrogens with zero attached hydrogens (tertiary/aromatic N) is 4. The number of rotatable bonds is 9. The number of fused-ring (bicyclic) bond motifs is 1. The molecule has 1 aliphatic carbocycles. The minimum absolute atomic E-state index is 0.0378. The van der Waals surface area contributed by atoms with E-state index in [1.54, 1.807) is 18.5 Å². The van der Waals surface area contributed by atoms with Gasteiger partial charge in [-0.3, -0.25) is 8.98 Å². The quantitative estimate of drug-likeness (QED) is 0.340. The minimum Gasteiger partial charge on any atom is -0.467 e. The fourth-order valence-corrected chi connectivity index (χ4v) is 4.22. The first-order valence-electron chi connectivity index (χ1n) is 9.91. The van der Waals surface area contributed by atoms with Crippen molar-refractivity contribution in [3.05, 3.63) is 54.6 Å². The number of carbonyl (C=O) groups is 1. The van der Waals surface area contributed by atoms with E-state index in [2.05, 4.69) is 15.0 Å². The van der Waals surface area contributed by atoms with E-state index in [4.69, 9.17) is 19.4 Å². The van der Waals surface area contributed by atoms with E-state index in [0.717, 1.165) is 0 Å². The van der Waals surface area contributed by atoms with Gasteiger partial charge in [0.25, 0.3) is 5.91 Å². The van der Waals surface area contributed by atoms with Gasteiger partial charge in [0.2, 0.25) is 0 Å². The normalized spacial score (nSPS) is 18.0. The van der Waals surface area contributed by atoms with Crippen molar-refractivity contribution in [2.45, 2.75) is 12.5 Å². The van der Waals surface area contributed by atoms with Crippen LogP contribution >= 0.6 is 0 Å². The third-order valence-corrected chi connectivity index (χ3v) is 5.89. The van der Waals surface area contributed by atoms with E-state index in [0.29, 0.717) is 17.6 Å². The van der Waals surface area contributed by atoms with Crippen LogP contribution in [0.25, 0.3) is 11.2 Å². The number of hydrogen-bond donors (Lipinski definition) is 2. The number of ether oxygens (including phenoxy) is 2. The Morgan fingerprint density at radius 1 is 1.24 bits per heavy atom. The van der Waals surface area contributed by atoms with Gasteiger partial charge in [-0.05, 0) is 18.6 Å². The van der Waals surface area contributed by atoms with Crippen molar-refractivity contribution in [3.8, 4) is 5.75 Å². The molecule has 2 aromatic heterocycles. The molecular formula is C20H22N6O6S. The number of imidazole rings is 1. The molecule has 174 valence electrons. The molecule has 3 N–H and O–H groups in total. The van der Waals surface area contributed by atoms with E-state index in [9.17, 15) is 13.2 Å². The lowest BCUT2D eigenvalue weighted by Crippen LogP contribution is -2.33. The zero-order valence-corrected chi connectivity index (χ0v) is 18.4. The molecule has 12 nitrogen and oxygen atoms in total. The maximum atomic E-state index is 12.5. The van der Waals surface area contributed by atoms with Crippen LogP contribution in [0.4, 0.5) is 5.82 Å². The number of anilines is 1. The standard InChI is InChI=1S/C20H22N6O6S/c1-30-12-31-16-5-3-2-4-15(16)20(27)25-33(28,29)32-9-13-6-7-14(8-13)26-11-24-17-18(21)22-10-23-19(17)26/h2-7,10-11,13-14H,8-9,12H2,1H3,(H,25,27)(H2,21,22,23)/t13-,14+/m1/s1. The summed E-state index contributed by atoms with van der Waals surface area (Å²) < 4.78 is 43.6. The molecule has 0 radical (unpaired) electrons. The number of amides is 1. The van der Waals surface area contributed by atoms with Crippen LogP contribution in [0.15, 0.2) is 49.1 Å². The highest BCUT2D eigenvalue weighted by Gasteiger charge is 2.26. The molecule has 4 rings (SSSR count). The Kier molecular flexibility index (Phi) is 6.53. The monoisotopic (exact) mass is 474 g/mol. The van der Waals surface area contributed by atoms with E-state index in [-0.39, 0.29) is 42.5 Å². The van der Waals surface area contributed by atoms with Crippen LogP contribution in [0.3, 0.4) is 0 Å². The van der Waals surface area contributed by atoms with Crippen LogP contribution in [0.2, 0.25) is 0 Å². The molecular weight excluding hydrogens is 452 g/mol. The summed E-state index contributed by atoms with van der Waals surface area (Å²) in [5, 5.41) is 0. The lowest BCUT2D eigenvalue weighted by Gasteiger charge is -2.15. The summed E-state index contributed by atoms with van der Waals surface area (Å²) in [5.74, 6) is -0.596. The lowest BCUT2D eigenvalue weighted by atomic mass is 10.1. The van der Waals surface area contributed by atoms with Gasteiger partial charge in [0.1, 0.15) is 17.6 Å². The van der Waals surface area contributed by atoms with Crippen molar-refractivity contribution in [2.75, 3.05) is 26.2 Å². The fourth-order valence-electron chi connectivity index (χ4n) is 3.47. The summed E-state index contributed by atoms with van der Waals surface area (Å²) in [6, 6.07) is 6.11. The van der Waals surface area contributed by atoms with Crippen molar-refractivity contribution in [1.29, 1.82) is 0 Å². The van der Waals surface area contributed by atoms with E-state index < -0.39 is 16.2 Å². The molecule has 0 bridgehead atoms. The molecule has 33 heavy (non-hydrogen) atoms. The molecule has 0 fully saturated rings. The van der Waals surface area contributed by atoms with Gasteiger partial charge in [0.15, 0.2) is 18.3 Å². The highest BCUT2D eigenvalue weighted by atomic mass is 32.2.